The van der Waals surface area contributed by atoms with E-state index in [0.29, 0.717) is 5.69 Å². The fraction of sp³-hybridized carbons (Fsp3) is 0. The highest BCUT2D eigenvalue weighted by molar-refractivity contribution is 5.45. The summed E-state index contributed by atoms with van der Waals surface area (Å²) in [6.07, 6.45) is 2.74. The van der Waals surface area contributed by atoms with Crippen molar-refractivity contribution >= 4 is 0 Å². The number of para-hydroxylation sites is 2. The molecule has 0 saturated carbocycles. The molecular weight excluding hydrogens is 168 g/mol. The van der Waals surface area contributed by atoms with Gasteiger partial charge in [-0.25, -0.2) is 4.68 Å². The summed E-state index contributed by atoms with van der Waals surface area (Å²) in [5, 5.41) is 22.3. The topological polar surface area (TPSA) is 58.3 Å². The number of rotatable bonds is 1. The van der Waals surface area contributed by atoms with Crippen molar-refractivity contribution in [2.75, 3.05) is 0 Å². The lowest BCUT2D eigenvalue weighted by atomic mass is 10.3. The van der Waals surface area contributed by atoms with E-state index in [1.165, 1.54) is 17.1 Å². The Morgan fingerprint density at radius 3 is 2.54 bits per heavy atom. The van der Waals surface area contributed by atoms with Gasteiger partial charge < -0.3 is 10.2 Å². The fourth-order valence-corrected chi connectivity index (χ4v) is 1.10. The van der Waals surface area contributed by atoms with Gasteiger partial charge in [0.15, 0.2) is 5.75 Å². The molecule has 4 heteroatoms. The quantitative estimate of drug-likeness (QED) is 0.688. The van der Waals surface area contributed by atoms with E-state index >= 15 is 0 Å². The first-order chi connectivity index (χ1) is 6.27. The number of hydrogen-bond donors (Lipinski definition) is 2. The van der Waals surface area contributed by atoms with Crippen molar-refractivity contribution < 1.29 is 10.2 Å². The molecule has 1 heterocycles. The Hall–Kier alpha value is -1.97. The van der Waals surface area contributed by atoms with E-state index in [2.05, 4.69) is 5.10 Å². The van der Waals surface area contributed by atoms with Crippen LogP contribution in [0.5, 0.6) is 11.5 Å². The first kappa shape index (κ1) is 7.67. The van der Waals surface area contributed by atoms with Crippen molar-refractivity contribution in [2.24, 2.45) is 0 Å². The van der Waals surface area contributed by atoms with Crippen molar-refractivity contribution in [3.05, 3.63) is 36.7 Å². The van der Waals surface area contributed by atoms with E-state index in [9.17, 15) is 5.11 Å². The predicted molar refractivity (Wildman–Crippen MR) is 46.9 cm³/mol. The van der Waals surface area contributed by atoms with Gasteiger partial charge in [-0.05, 0) is 12.1 Å². The standard InChI is InChI=1S/C9H8N2O2/c12-7-5-10-11(6-7)8-3-1-2-4-9(8)13/h1-6,12-13H. The molecule has 4 nitrogen and oxygen atoms in total. The van der Waals surface area contributed by atoms with Gasteiger partial charge in [-0.15, -0.1) is 0 Å². The Kier molecular flexibility index (Phi) is 1.66. The minimum Gasteiger partial charge on any atom is -0.506 e. The fourth-order valence-electron chi connectivity index (χ4n) is 1.10. The van der Waals surface area contributed by atoms with Crippen LogP contribution in [-0.4, -0.2) is 20.0 Å². The van der Waals surface area contributed by atoms with Crippen LogP contribution in [0.1, 0.15) is 0 Å². The van der Waals surface area contributed by atoms with E-state index in [1.807, 2.05) is 0 Å². The maximum atomic E-state index is 9.43. The summed E-state index contributed by atoms with van der Waals surface area (Å²) in [5.41, 5.74) is 0.544. The predicted octanol–water partition coefficient (Wildman–Crippen LogP) is 1.28. The SMILES string of the molecule is Oc1cnn(-c2ccccc2O)c1. The molecule has 66 valence electrons. The molecular formula is C9H8N2O2. The molecule has 1 aromatic heterocycles. The van der Waals surface area contributed by atoms with Crippen LogP contribution >= 0.6 is 0 Å². The van der Waals surface area contributed by atoms with Crippen molar-refractivity contribution in [1.82, 2.24) is 9.78 Å². The molecule has 0 bridgehead atoms. The van der Waals surface area contributed by atoms with Gasteiger partial charge in [0.05, 0.1) is 12.4 Å². The van der Waals surface area contributed by atoms with Crippen LogP contribution in [0.4, 0.5) is 0 Å². The molecule has 0 amide bonds. The largest absolute Gasteiger partial charge is 0.506 e. The van der Waals surface area contributed by atoms with Crippen LogP contribution in [-0.2, 0) is 0 Å². The Balaban J connectivity index is 2.52. The van der Waals surface area contributed by atoms with Crippen LogP contribution in [0.15, 0.2) is 36.7 Å². The zero-order chi connectivity index (χ0) is 9.26. The zero-order valence-electron chi connectivity index (χ0n) is 6.75. The number of aromatic hydroxyl groups is 2. The number of benzene rings is 1. The normalized spacial score (nSPS) is 10.2. The lowest BCUT2D eigenvalue weighted by molar-refractivity contribution is 0.468. The van der Waals surface area contributed by atoms with Crippen LogP contribution in [0.2, 0.25) is 0 Å². The molecule has 0 saturated heterocycles. The van der Waals surface area contributed by atoms with Gasteiger partial charge in [0.25, 0.3) is 0 Å². The third-order valence-corrected chi connectivity index (χ3v) is 1.70. The van der Waals surface area contributed by atoms with Crippen LogP contribution in [0.25, 0.3) is 5.69 Å². The maximum absolute atomic E-state index is 9.43. The van der Waals surface area contributed by atoms with E-state index < -0.39 is 0 Å². The second-order valence-electron chi connectivity index (χ2n) is 2.63. The minimum absolute atomic E-state index is 0.0725. The van der Waals surface area contributed by atoms with Crippen LogP contribution < -0.4 is 0 Å². The van der Waals surface area contributed by atoms with E-state index in [4.69, 9.17) is 5.11 Å². The molecule has 0 atom stereocenters. The van der Waals surface area contributed by atoms with Gasteiger partial charge in [-0.2, -0.15) is 5.10 Å². The van der Waals surface area contributed by atoms with E-state index in [0.717, 1.165) is 0 Å². The Morgan fingerprint density at radius 1 is 1.15 bits per heavy atom. The first-order valence-electron chi connectivity index (χ1n) is 3.79. The van der Waals surface area contributed by atoms with Crippen molar-refractivity contribution in [3.63, 3.8) is 0 Å². The molecule has 2 aromatic rings. The van der Waals surface area contributed by atoms with Crippen LogP contribution in [0, 0.1) is 0 Å². The van der Waals surface area contributed by atoms with Crippen LogP contribution in [0.3, 0.4) is 0 Å². The summed E-state index contributed by atoms with van der Waals surface area (Å²) < 4.78 is 1.41. The maximum Gasteiger partial charge on any atom is 0.153 e. The summed E-state index contributed by atoms with van der Waals surface area (Å²) >= 11 is 0. The summed E-state index contributed by atoms with van der Waals surface area (Å²) in [7, 11) is 0. The Morgan fingerprint density at radius 2 is 1.92 bits per heavy atom. The molecule has 13 heavy (non-hydrogen) atoms. The summed E-state index contributed by atoms with van der Waals surface area (Å²) in [5.74, 6) is 0.203. The third-order valence-electron chi connectivity index (χ3n) is 1.70. The molecule has 0 unspecified atom stereocenters. The molecule has 0 fully saturated rings. The number of nitrogens with zero attached hydrogens (tertiary/aromatic N) is 2. The third kappa shape index (κ3) is 1.33. The Bertz CT molecular complexity index is 423. The summed E-state index contributed by atoms with van der Waals surface area (Å²) in [6, 6.07) is 6.78. The summed E-state index contributed by atoms with van der Waals surface area (Å²) in [6.45, 7) is 0. The molecule has 0 aliphatic carbocycles. The molecule has 2 rings (SSSR count). The molecule has 2 N–H and O–H groups in total. The van der Waals surface area contributed by atoms with E-state index in [1.54, 1.807) is 24.3 Å². The lowest BCUT2D eigenvalue weighted by Gasteiger charge is -2.02. The first-order valence-corrected chi connectivity index (χ1v) is 3.79. The average Bonchev–Trinajstić information content (AvgIpc) is 2.53. The van der Waals surface area contributed by atoms with Crippen molar-refractivity contribution in [3.8, 4) is 17.2 Å². The smallest absolute Gasteiger partial charge is 0.153 e. The van der Waals surface area contributed by atoms with Gasteiger partial charge in [0.1, 0.15) is 11.4 Å². The second-order valence-corrected chi connectivity index (χ2v) is 2.63. The molecule has 0 radical (unpaired) electrons. The van der Waals surface area contributed by atoms with Gasteiger partial charge in [0.2, 0.25) is 0 Å². The highest BCUT2D eigenvalue weighted by Crippen LogP contribution is 2.21. The van der Waals surface area contributed by atoms with Crippen molar-refractivity contribution in [2.45, 2.75) is 0 Å². The summed E-state index contributed by atoms with van der Waals surface area (Å²) in [4.78, 5) is 0. The molecule has 1 aromatic carbocycles. The van der Waals surface area contributed by atoms with Gasteiger partial charge >= 0.3 is 0 Å². The highest BCUT2D eigenvalue weighted by Gasteiger charge is 2.03. The van der Waals surface area contributed by atoms with Gasteiger partial charge in [0, 0.05) is 0 Å². The molecule has 0 aliphatic heterocycles. The molecule has 0 spiro atoms. The van der Waals surface area contributed by atoms with Gasteiger partial charge in [-0.1, -0.05) is 12.1 Å². The van der Waals surface area contributed by atoms with E-state index in [-0.39, 0.29) is 11.5 Å². The monoisotopic (exact) mass is 176 g/mol. The Labute approximate surface area is 74.7 Å². The average molecular weight is 176 g/mol. The number of phenolic OH excluding ortho intramolecular Hbond substituents is 1. The number of aromatic nitrogens is 2. The highest BCUT2D eigenvalue weighted by atomic mass is 16.3. The molecule has 0 aliphatic rings. The zero-order valence-corrected chi connectivity index (χ0v) is 6.75. The van der Waals surface area contributed by atoms with Crippen molar-refractivity contribution in [1.29, 1.82) is 0 Å². The number of hydrogen-bond acceptors (Lipinski definition) is 3. The number of phenols is 1. The second kappa shape index (κ2) is 2.82. The van der Waals surface area contributed by atoms with Gasteiger partial charge in [-0.3, -0.25) is 0 Å². The minimum atomic E-state index is 0.0725. The lowest BCUT2D eigenvalue weighted by Crippen LogP contribution is -1.93.